The molecular formula is C38H43IrN2O2-. The maximum absolute atomic E-state index is 11.5. The smallest absolute Gasteiger partial charge is 0.164 e. The number of aromatic nitrogens is 2. The van der Waals surface area contributed by atoms with Crippen LogP contribution in [0.25, 0.3) is 43.7 Å². The van der Waals surface area contributed by atoms with Crippen LogP contribution in [0.5, 0.6) is 0 Å². The van der Waals surface area contributed by atoms with Crippen molar-refractivity contribution in [2.75, 3.05) is 0 Å². The predicted octanol–water partition coefficient (Wildman–Crippen LogP) is 10.1. The molecule has 0 aliphatic carbocycles. The normalized spacial score (nSPS) is 12.6. The molecule has 3 aromatic carbocycles. The van der Waals surface area contributed by atoms with Crippen LogP contribution in [0.2, 0.25) is 0 Å². The van der Waals surface area contributed by atoms with Crippen molar-refractivity contribution >= 4 is 38.2 Å². The van der Waals surface area contributed by atoms with Gasteiger partial charge in [-0.25, -0.2) is 0 Å². The molecule has 5 aromatic rings. The number of ketones is 1. The van der Waals surface area contributed by atoms with Gasteiger partial charge >= 0.3 is 0 Å². The fraction of sp³-hybridized carbons (Fsp3) is 0.342. The number of para-hydroxylation sites is 1. The second-order valence-corrected chi connectivity index (χ2v) is 14.1. The van der Waals surface area contributed by atoms with E-state index in [4.69, 9.17) is 9.97 Å². The van der Waals surface area contributed by atoms with E-state index < -0.39 is 5.41 Å². The molecule has 0 aliphatic rings. The summed E-state index contributed by atoms with van der Waals surface area (Å²) in [4.78, 5) is 21.0. The topological polar surface area (TPSA) is 63.1 Å². The third-order valence-electron chi connectivity index (χ3n) is 7.45. The number of carbonyl (C=O) groups excluding carboxylic acids is 1. The van der Waals surface area contributed by atoms with Crippen LogP contribution in [-0.4, -0.2) is 20.9 Å². The zero-order valence-electron chi connectivity index (χ0n) is 27.0. The van der Waals surface area contributed by atoms with Crippen LogP contribution in [0.15, 0.2) is 78.8 Å². The molecule has 4 nitrogen and oxygen atoms in total. The summed E-state index contributed by atoms with van der Waals surface area (Å²) in [5.41, 5.74) is 4.77. The Labute approximate surface area is 270 Å². The van der Waals surface area contributed by atoms with E-state index in [1.165, 1.54) is 33.4 Å². The monoisotopic (exact) mass is 752 g/mol. The van der Waals surface area contributed by atoms with Gasteiger partial charge in [-0.2, -0.15) is 0 Å². The molecule has 0 saturated heterocycles. The second kappa shape index (κ2) is 12.7. The summed E-state index contributed by atoms with van der Waals surface area (Å²) in [6.45, 7) is 20.0. The number of benzene rings is 3. The fourth-order valence-corrected chi connectivity index (χ4v) is 4.77. The van der Waals surface area contributed by atoms with Gasteiger partial charge < -0.3 is 5.11 Å². The van der Waals surface area contributed by atoms with Crippen molar-refractivity contribution in [1.82, 2.24) is 9.97 Å². The molecule has 0 fully saturated rings. The van der Waals surface area contributed by atoms with Crippen LogP contribution in [0.1, 0.15) is 73.4 Å². The Hall–Kier alpha value is -3.40. The Morgan fingerprint density at radius 1 is 0.791 bits per heavy atom. The minimum absolute atomic E-state index is 0. The van der Waals surface area contributed by atoms with E-state index in [1.54, 1.807) is 0 Å². The van der Waals surface area contributed by atoms with Gasteiger partial charge in [0.1, 0.15) is 5.76 Å². The van der Waals surface area contributed by atoms with Gasteiger partial charge in [-0.05, 0) is 34.7 Å². The Kier molecular flexibility index (Phi) is 10.1. The molecule has 227 valence electrons. The van der Waals surface area contributed by atoms with E-state index in [2.05, 4.69) is 88.4 Å². The summed E-state index contributed by atoms with van der Waals surface area (Å²) in [7, 11) is 0. The van der Waals surface area contributed by atoms with Gasteiger partial charge in [-0.15, -0.1) is 29.1 Å². The number of fused-ring (bicyclic) bond motifs is 4. The zero-order valence-corrected chi connectivity index (χ0v) is 29.4. The van der Waals surface area contributed by atoms with Gasteiger partial charge in [0.15, 0.2) is 5.78 Å². The summed E-state index contributed by atoms with van der Waals surface area (Å²) in [6.07, 6.45) is 5.20. The quantitative estimate of drug-likeness (QED) is 0.0845. The minimum Gasteiger partial charge on any atom is -0.512 e. The number of allylic oxidation sites excluding steroid dienone is 2. The maximum Gasteiger partial charge on any atom is 0.164 e. The summed E-state index contributed by atoms with van der Waals surface area (Å²) in [5.74, 6) is 0.104. The average molecular weight is 752 g/mol. The molecule has 0 spiro atoms. The van der Waals surface area contributed by atoms with Crippen molar-refractivity contribution in [3.63, 3.8) is 0 Å². The van der Waals surface area contributed by atoms with Gasteiger partial charge in [0.2, 0.25) is 0 Å². The molecule has 0 bridgehead atoms. The van der Waals surface area contributed by atoms with Gasteiger partial charge in [0.25, 0.3) is 0 Å². The van der Waals surface area contributed by atoms with Crippen molar-refractivity contribution in [2.24, 2.45) is 10.8 Å². The maximum atomic E-state index is 11.5. The predicted molar refractivity (Wildman–Crippen MR) is 177 cm³/mol. The molecule has 2 heterocycles. The molecule has 0 saturated carbocycles. The van der Waals surface area contributed by atoms with E-state index in [0.29, 0.717) is 0 Å². The van der Waals surface area contributed by atoms with Gasteiger partial charge in [0.05, 0.1) is 5.52 Å². The first-order chi connectivity index (χ1) is 19.5. The van der Waals surface area contributed by atoms with E-state index in [0.717, 1.165) is 27.5 Å². The van der Waals surface area contributed by atoms with Gasteiger partial charge in [-0.1, -0.05) is 110 Å². The number of aliphatic hydroxyl groups excluding tert-OH is 1. The summed E-state index contributed by atoms with van der Waals surface area (Å²) < 4.78 is 0. The molecule has 0 unspecified atom stereocenters. The summed E-state index contributed by atoms with van der Waals surface area (Å²) >= 11 is 0. The molecule has 2 aromatic heterocycles. The molecule has 1 radical (unpaired) electrons. The number of rotatable bonds is 2. The molecule has 5 heteroatoms. The Morgan fingerprint density at radius 2 is 1.44 bits per heavy atom. The Balaban J connectivity index is 0.000000310. The molecule has 0 aliphatic heterocycles. The molecule has 0 atom stereocenters. The van der Waals surface area contributed by atoms with E-state index >= 15 is 0 Å². The molecular weight excluding hydrogens is 709 g/mol. The van der Waals surface area contributed by atoms with E-state index in [1.807, 2.05) is 53.9 Å². The van der Waals surface area contributed by atoms with Crippen LogP contribution in [0.4, 0.5) is 0 Å². The van der Waals surface area contributed by atoms with Crippen LogP contribution in [0, 0.1) is 23.8 Å². The third-order valence-corrected chi connectivity index (χ3v) is 7.45. The van der Waals surface area contributed by atoms with Crippen molar-refractivity contribution in [2.45, 2.75) is 74.7 Å². The number of carbonyl (C=O) groups is 1. The van der Waals surface area contributed by atoms with Gasteiger partial charge in [-0.3, -0.25) is 14.8 Å². The number of nitrogens with zero attached hydrogens (tertiary/aromatic N) is 2. The number of hydrogen-bond acceptors (Lipinski definition) is 4. The molecule has 1 N–H and O–H groups in total. The van der Waals surface area contributed by atoms with Crippen molar-refractivity contribution < 1.29 is 30.0 Å². The first kappa shape index (κ1) is 34.1. The van der Waals surface area contributed by atoms with Crippen LogP contribution in [0.3, 0.4) is 0 Å². The van der Waals surface area contributed by atoms with E-state index in [9.17, 15) is 9.90 Å². The fourth-order valence-electron chi connectivity index (χ4n) is 4.77. The minimum atomic E-state index is -0.417. The van der Waals surface area contributed by atoms with Crippen LogP contribution >= 0.6 is 0 Å². The number of aliphatic hydroxyl groups is 1. The standard InChI is InChI=1S/C27H23N2.C11H20O2.Ir/c1-17-8-7-11-22-21-12-13-28-26(23(21)16-29-25(17)22)19-14-18-9-5-6-10-20(18)24(15-19)27(2,3)4;1-10(2,3)8(12)7-9(13)11(4,5)6;/h5-13,15-16H,1-4H3;7,12H,1-6H3;/q-1;;/b;8-7-;. The first-order valence-corrected chi connectivity index (χ1v) is 14.5. The molecule has 5 rings (SSSR count). The number of hydrogen-bond donors (Lipinski definition) is 1. The molecule has 0 amide bonds. The van der Waals surface area contributed by atoms with Crippen molar-refractivity contribution in [1.29, 1.82) is 0 Å². The van der Waals surface area contributed by atoms with E-state index in [-0.39, 0.29) is 42.5 Å². The van der Waals surface area contributed by atoms with Crippen molar-refractivity contribution in [3.05, 3.63) is 96.0 Å². The largest absolute Gasteiger partial charge is 0.512 e. The van der Waals surface area contributed by atoms with Crippen LogP contribution < -0.4 is 0 Å². The van der Waals surface area contributed by atoms with Crippen molar-refractivity contribution in [3.8, 4) is 11.3 Å². The second-order valence-electron chi connectivity index (χ2n) is 14.1. The first-order valence-electron chi connectivity index (χ1n) is 14.5. The van der Waals surface area contributed by atoms with Gasteiger partial charge in [0, 0.05) is 60.5 Å². The zero-order chi connectivity index (χ0) is 31.0. The Morgan fingerprint density at radius 3 is 2.07 bits per heavy atom. The van der Waals surface area contributed by atoms with Crippen LogP contribution in [-0.2, 0) is 30.3 Å². The SMILES string of the molecule is CC(C)(C)C(=O)/C=C(\O)C(C)(C)C.Cc1cccc2c1ncc1c(-c3[c-]c4ccccc4c(C(C)(C)C)c3)nccc12.[Ir]. The average Bonchev–Trinajstić information content (AvgIpc) is 2.91. The summed E-state index contributed by atoms with van der Waals surface area (Å²) in [6, 6.07) is 22.8. The summed E-state index contributed by atoms with van der Waals surface area (Å²) in [5, 5.41) is 15.4. The third kappa shape index (κ3) is 7.58. The number of aryl methyl sites for hydroxylation is 1. The molecule has 43 heavy (non-hydrogen) atoms. The Bertz CT molecular complexity index is 1820. The number of pyridine rings is 2.